The molecule has 1 fully saturated rings. The topological polar surface area (TPSA) is 73.7 Å². The van der Waals surface area contributed by atoms with Crippen molar-refractivity contribution in [2.75, 3.05) is 32.0 Å². The minimum Gasteiger partial charge on any atom is -0.396 e. The molecule has 0 aromatic rings. The van der Waals surface area contributed by atoms with Gasteiger partial charge in [-0.2, -0.15) is 0 Å². The maximum Gasteiger partial charge on any atom is 0.191 e. The molecule has 0 saturated heterocycles. The minimum absolute atomic E-state index is 0.156. The van der Waals surface area contributed by atoms with E-state index in [0.29, 0.717) is 12.3 Å². The van der Waals surface area contributed by atoms with Gasteiger partial charge in [-0.25, -0.2) is 0 Å². The first-order valence-electron chi connectivity index (χ1n) is 9.34. The lowest BCUT2D eigenvalue weighted by Gasteiger charge is -2.35. The predicted octanol–water partition coefficient (Wildman–Crippen LogP) is 2.42. The Morgan fingerprint density at radius 2 is 1.88 bits per heavy atom. The smallest absolute Gasteiger partial charge is 0.191 e. The number of rotatable bonds is 8. The van der Waals surface area contributed by atoms with Gasteiger partial charge in [0.15, 0.2) is 5.96 Å². The third-order valence-corrected chi connectivity index (χ3v) is 6.68. The molecule has 1 unspecified atom stereocenters. The number of guanidine groups is 1. The third-order valence-electron chi connectivity index (χ3n) is 4.74. The summed E-state index contributed by atoms with van der Waals surface area (Å²) in [5.74, 6) is 1.42. The number of aliphatic hydroxyl groups excluding tert-OH is 1. The molecule has 0 bridgehead atoms. The Morgan fingerprint density at radius 3 is 2.42 bits per heavy atom. The normalized spacial score (nSPS) is 19.8. The van der Waals surface area contributed by atoms with Crippen molar-refractivity contribution in [3.8, 4) is 0 Å². The summed E-state index contributed by atoms with van der Waals surface area (Å²) in [5, 5.41) is 16.0. The summed E-state index contributed by atoms with van der Waals surface area (Å²) in [4.78, 5) is 4.77. The van der Waals surface area contributed by atoms with Crippen LogP contribution in [0.5, 0.6) is 0 Å². The zero-order valence-electron chi connectivity index (χ0n) is 16.0. The van der Waals surface area contributed by atoms with E-state index in [9.17, 15) is 9.32 Å². The van der Waals surface area contributed by atoms with E-state index in [-0.39, 0.29) is 16.8 Å². The van der Waals surface area contributed by atoms with Crippen molar-refractivity contribution in [2.45, 2.75) is 71.0 Å². The van der Waals surface area contributed by atoms with E-state index in [1.165, 1.54) is 19.3 Å². The number of nitrogens with one attached hydrogen (secondary N) is 2. The van der Waals surface area contributed by atoms with E-state index in [2.05, 4.69) is 17.6 Å². The molecule has 24 heavy (non-hydrogen) atoms. The van der Waals surface area contributed by atoms with E-state index in [1.807, 2.05) is 20.8 Å². The van der Waals surface area contributed by atoms with Crippen LogP contribution in [0.25, 0.3) is 0 Å². The summed E-state index contributed by atoms with van der Waals surface area (Å²) in [6.45, 7) is 10.5. The molecule has 0 aromatic carbocycles. The number of hydrogen-bond donors (Lipinski definition) is 3. The van der Waals surface area contributed by atoms with E-state index >= 15 is 0 Å². The van der Waals surface area contributed by atoms with Crippen LogP contribution in [-0.4, -0.2) is 52.0 Å². The number of nitrogens with zero attached hydrogens (tertiary/aromatic N) is 1. The first-order chi connectivity index (χ1) is 11.3. The van der Waals surface area contributed by atoms with Gasteiger partial charge in [0.2, 0.25) is 0 Å². The van der Waals surface area contributed by atoms with Crippen molar-refractivity contribution >= 4 is 16.8 Å². The van der Waals surface area contributed by atoms with Crippen molar-refractivity contribution in [3.05, 3.63) is 0 Å². The molecule has 1 aliphatic rings. The first kappa shape index (κ1) is 21.4. The summed E-state index contributed by atoms with van der Waals surface area (Å²) < 4.78 is 12.0. The maximum absolute atomic E-state index is 12.1. The Bertz CT molecular complexity index is 407. The second-order valence-corrected chi connectivity index (χ2v) is 10.1. The molecule has 0 spiro atoms. The lowest BCUT2D eigenvalue weighted by molar-refractivity contribution is 0.137. The summed E-state index contributed by atoms with van der Waals surface area (Å²) in [6, 6.07) is 0. The fraction of sp³-hybridized carbons (Fsp3) is 0.944. The molecule has 142 valence electrons. The fourth-order valence-corrected chi connectivity index (χ4v) is 4.08. The second kappa shape index (κ2) is 10.4. The highest BCUT2D eigenvalue weighted by molar-refractivity contribution is 7.86. The molecule has 0 amide bonds. The van der Waals surface area contributed by atoms with Crippen LogP contribution in [0.4, 0.5) is 0 Å². The molecule has 0 aliphatic heterocycles. The molecule has 1 atom stereocenters. The molecular formula is C18H37N3O2S. The van der Waals surface area contributed by atoms with Crippen molar-refractivity contribution in [1.29, 1.82) is 0 Å². The molecule has 0 heterocycles. The lowest BCUT2D eigenvalue weighted by Crippen LogP contribution is -2.41. The zero-order valence-corrected chi connectivity index (χ0v) is 16.8. The van der Waals surface area contributed by atoms with Gasteiger partial charge in [-0.15, -0.1) is 0 Å². The minimum atomic E-state index is -0.856. The Hall–Kier alpha value is -0.620. The van der Waals surface area contributed by atoms with Gasteiger partial charge in [0.05, 0.1) is 0 Å². The van der Waals surface area contributed by atoms with E-state index in [1.54, 1.807) is 0 Å². The molecule has 0 aromatic heterocycles. The average Bonchev–Trinajstić information content (AvgIpc) is 2.53. The third kappa shape index (κ3) is 7.51. The number of hydrogen-bond acceptors (Lipinski definition) is 3. The van der Waals surface area contributed by atoms with Crippen molar-refractivity contribution in [3.63, 3.8) is 0 Å². The Balaban J connectivity index is 2.58. The van der Waals surface area contributed by atoms with Gasteiger partial charge >= 0.3 is 0 Å². The van der Waals surface area contributed by atoms with Crippen LogP contribution in [0.15, 0.2) is 4.99 Å². The summed E-state index contributed by atoms with van der Waals surface area (Å²) in [6.07, 6.45) is 6.93. The maximum atomic E-state index is 12.1. The quantitative estimate of drug-likeness (QED) is 0.460. The summed E-state index contributed by atoms with van der Waals surface area (Å²) in [7, 11) is -0.856. The molecule has 0 radical (unpaired) electrons. The van der Waals surface area contributed by atoms with E-state index in [0.717, 1.165) is 38.3 Å². The highest BCUT2D eigenvalue weighted by Gasteiger charge is 2.31. The lowest BCUT2D eigenvalue weighted by atomic mass is 9.72. The fourth-order valence-electron chi connectivity index (χ4n) is 3.18. The molecule has 3 N–H and O–H groups in total. The van der Waals surface area contributed by atoms with Gasteiger partial charge < -0.3 is 15.7 Å². The van der Waals surface area contributed by atoms with Crippen LogP contribution in [0.3, 0.4) is 0 Å². The molecule has 6 heteroatoms. The average molecular weight is 360 g/mol. The van der Waals surface area contributed by atoms with Gasteiger partial charge in [-0.05, 0) is 52.4 Å². The number of aliphatic imine (C=N–C) groups is 1. The van der Waals surface area contributed by atoms with Crippen LogP contribution in [0, 0.1) is 5.41 Å². The van der Waals surface area contributed by atoms with Gasteiger partial charge in [-0.1, -0.05) is 19.3 Å². The second-order valence-electron chi connectivity index (χ2n) is 7.82. The standard InChI is InChI=1S/C18H37N3O2S/c1-5-19-16(20-12-14-24(23)17(2,3)4)21-15-18(11-13-22)9-7-6-8-10-18/h22H,5-15H2,1-4H3,(H2,19,20,21). The summed E-state index contributed by atoms with van der Waals surface area (Å²) in [5.41, 5.74) is 0.156. The van der Waals surface area contributed by atoms with Crippen molar-refractivity contribution in [1.82, 2.24) is 10.6 Å². The SMILES string of the molecule is CCNC(=NCC1(CCO)CCCCC1)NCCS(=O)C(C)(C)C. The van der Waals surface area contributed by atoms with Gasteiger partial charge in [0.25, 0.3) is 0 Å². The van der Waals surface area contributed by atoms with Crippen LogP contribution < -0.4 is 10.6 Å². The molecular weight excluding hydrogens is 322 g/mol. The van der Waals surface area contributed by atoms with Crippen molar-refractivity contribution < 1.29 is 9.32 Å². The zero-order chi connectivity index (χ0) is 18.1. The molecule has 5 nitrogen and oxygen atoms in total. The van der Waals surface area contributed by atoms with Gasteiger partial charge in [0.1, 0.15) is 0 Å². The van der Waals surface area contributed by atoms with Gasteiger partial charge in [0, 0.05) is 47.5 Å². The van der Waals surface area contributed by atoms with Gasteiger partial charge in [-0.3, -0.25) is 9.20 Å². The Kier molecular flexibility index (Phi) is 9.27. The van der Waals surface area contributed by atoms with E-state index in [4.69, 9.17) is 4.99 Å². The van der Waals surface area contributed by atoms with Crippen LogP contribution in [0.1, 0.15) is 66.2 Å². The molecule has 1 rings (SSSR count). The predicted molar refractivity (Wildman–Crippen MR) is 104 cm³/mol. The van der Waals surface area contributed by atoms with Crippen LogP contribution in [0.2, 0.25) is 0 Å². The van der Waals surface area contributed by atoms with Crippen molar-refractivity contribution in [2.24, 2.45) is 10.4 Å². The molecule has 1 saturated carbocycles. The van der Waals surface area contributed by atoms with Crippen LogP contribution >= 0.6 is 0 Å². The molecule has 1 aliphatic carbocycles. The highest BCUT2D eigenvalue weighted by Crippen LogP contribution is 2.39. The highest BCUT2D eigenvalue weighted by atomic mass is 32.2. The van der Waals surface area contributed by atoms with Crippen LogP contribution in [-0.2, 0) is 10.8 Å². The Morgan fingerprint density at radius 1 is 1.21 bits per heavy atom. The Labute approximate surface area is 150 Å². The number of aliphatic hydroxyl groups is 1. The van der Waals surface area contributed by atoms with E-state index < -0.39 is 10.8 Å². The first-order valence-corrected chi connectivity index (χ1v) is 10.7. The summed E-state index contributed by atoms with van der Waals surface area (Å²) >= 11 is 0. The largest absolute Gasteiger partial charge is 0.396 e. The monoisotopic (exact) mass is 359 g/mol.